The maximum atomic E-state index is 12.0. The van der Waals surface area contributed by atoms with Gasteiger partial charge >= 0.3 is 5.97 Å². The Morgan fingerprint density at radius 1 is 1.35 bits per heavy atom. The van der Waals surface area contributed by atoms with Crippen LogP contribution in [0, 0.1) is 18.3 Å². The van der Waals surface area contributed by atoms with Crippen molar-refractivity contribution >= 4 is 17.3 Å². The van der Waals surface area contributed by atoms with Crippen LogP contribution >= 0.6 is 11.3 Å². The molecule has 0 aliphatic rings. The number of nitriles is 1. The second kappa shape index (κ2) is 6.36. The summed E-state index contributed by atoms with van der Waals surface area (Å²) in [6.45, 7) is 4.31. The molecule has 4 heteroatoms. The highest BCUT2D eigenvalue weighted by Gasteiger charge is 2.13. The fraction of sp³-hybridized carbons (Fsp3) is 0.250. The molecule has 1 aromatic carbocycles. The number of hydrogen-bond donors (Lipinski definition) is 0. The lowest BCUT2D eigenvalue weighted by Gasteiger charge is -2.03. The molecule has 0 atom stereocenters. The van der Waals surface area contributed by atoms with Crippen molar-refractivity contribution in [1.82, 2.24) is 0 Å². The molecular weight excluding hydrogens is 270 g/mol. The van der Waals surface area contributed by atoms with Crippen LogP contribution in [0.25, 0.3) is 0 Å². The summed E-state index contributed by atoms with van der Waals surface area (Å²) < 4.78 is 5.29. The monoisotopic (exact) mass is 285 g/mol. The first-order valence-corrected chi connectivity index (χ1v) is 7.21. The molecule has 102 valence electrons. The van der Waals surface area contributed by atoms with Gasteiger partial charge in [-0.3, -0.25) is 0 Å². The Kier molecular flexibility index (Phi) is 4.54. The summed E-state index contributed by atoms with van der Waals surface area (Å²) >= 11 is 1.47. The van der Waals surface area contributed by atoms with Gasteiger partial charge in [-0.15, -0.1) is 11.3 Å². The van der Waals surface area contributed by atoms with Gasteiger partial charge in [0.2, 0.25) is 0 Å². The third kappa shape index (κ3) is 3.25. The number of benzene rings is 1. The average molecular weight is 285 g/mol. The number of ether oxygens (including phenoxy) is 1. The van der Waals surface area contributed by atoms with Gasteiger partial charge in [0, 0.05) is 4.88 Å². The van der Waals surface area contributed by atoms with Crippen LogP contribution in [0.2, 0.25) is 0 Å². The van der Waals surface area contributed by atoms with Crippen molar-refractivity contribution in [2.45, 2.75) is 26.9 Å². The number of carbonyl (C=O) groups excluding carboxylic acids is 1. The molecule has 0 bridgehead atoms. The smallest absolute Gasteiger partial charge is 0.348 e. The molecule has 2 rings (SSSR count). The van der Waals surface area contributed by atoms with E-state index in [1.54, 1.807) is 24.3 Å². The third-order valence-electron chi connectivity index (χ3n) is 3.06. The predicted octanol–water partition coefficient (Wildman–Crippen LogP) is 3.85. The Labute approximate surface area is 122 Å². The highest BCUT2D eigenvalue weighted by molar-refractivity contribution is 7.14. The van der Waals surface area contributed by atoms with Gasteiger partial charge in [0.05, 0.1) is 11.6 Å². The molecule has 0 N–H and O–H groups in total. The highest BCUT2D eigenvalue weighted by Crippen LogP contribution is 2.23. The zero-order chi connectivity index (χ0) is 14.5. The molecule has 0 saturated heterocycles. The van der Waals surface area contributed by atoms with Gasteiger partial charge in [-0.2, -0.15) is 5.26 Å². The number of thiophene rings is 1. The molecule has 20 heavy (non-hydrogen) atoms. The quantitative estimate of drug-likeness (QED) is 0.802. The van der Waals surface area contributed by atoms with E-state index in [9.17, 15) is 4.79 Å². The van der Waals surface area contributed by atoms with E-state index in [1.165, 1.54) is 16.9 Å². The van der Waals surface area contributed by atoms with Gasteiger partial charge in [-0.25, -0.2) is 4.79 Å². The first-order valence-electron chi connectivity index (χ1n) is 6.39. The minimum absolute atomic E-state index is 0.225. The van der Waals surface area contributed by atoms with E-state index in [2.05, 4.69) is 13.0 Å². The maximum Gasteiger partial charge on any atom is 0.348 e. The number of nitrogens with zero attached hydrogens (tertiary/aromatic N) is 1. The Morgan fingerprint density at radius 3 is 2.60 bits per heavy atom. The molecule has 0 amide bonds. The highest BCUT2D eigenvalue weighted by atomic mass is 32.1. The zero-order valence-corrected chi connectivity index (χ0v) is 12.3. The Hall–Kier alpha value is -2.12. The molecule has 0 unspecified atom stereocenters. The summed E-state index contributed by atoms with van der Waals surface area (Å²) in [6, 6.07) is 11.0. The normalized spacial score (nSPS) is 10.1. The van der Waals surface area contributed by atoms with E-state index in [0.29, 0.717) is 10.4 Å². The van der Waals surface area contributed by atoms with Crippen LogP contribution in [-0.4, -0.2) is 5.97 Å². The number of rotatable bonds is 4. The predicted molar refractivity (Wildman–Crippen MR) is 78.7 cm³/mol. The fourth-order valence-electron chi connectivity index (χ4n) is 1.87. The van der Waals surface area contributed by atoms with Crippen LogP contribution in [0.4, 0.5) is 0 Å². The van der Waals surface area contributed by atoms with Gasteiger partial charge < -0.3 is 4.74 Å². The third-order valence-corrected chi connectivity index (χ3v) is 4.13. The largest absolute Gasteiger partial charge is 0.457 e. The fourth-order valence-corrected chi connectivity index (χ4v) is 2.87. The summed E-state index contributed by atoms with van der Waals surface area (Å²) in [4.78, 5) is 13.8. The van der Waals surface area contributed by atoms with Crippen LogP contribution in [0.1, 0.15) is 38.2 Å². The Morgan fingerprint density at radius 2 is 2.05 bits per heavy atom. The van der Waals surface area contributed by atoms with Crippen molar-refractivity contribution in [3.8, 4) is 6.07 Å². The van der Waals surface area contributed by atoms with Gasteiger partial charge in [0.25, 0.3) is 0 Å². The molecule has 0 fully saturated rings. The summed E-state index contributed by atoms with van der Waals surface area (Å²) in [5.74, 6) is -0.290. The van der Waals surface area contributed by atoms with Crippen molar-refractivity contribution < 1.29 is 9.53 Å². The average Bonchev–Trinajstić information content (AvgIpc) is 2.86. The molecular formula is C16H15NO2S. The van der Waals surface area contributed by atoms with Crippen LogP contribution < -0.4 is 0 Å². The summed E-state index contributed by atoms with van der Waals surface area (Å²) in [7, 11) is 0. The van der Waals surface area contributed by atoms with Crippen LogP contribution in [-0.2, 0) is 17.8 Å². The molecule has 0 radical (unpaired) electrons. The lowest BCUT2D eigenvalue weighted by Crippen LogP contribution is -2.03. The van der Waals surface area contributed by atoms with Crippen molar-refractivity contribution in [2.24, 2.45) is 0 Å². The molecule has 0 aliphatic carbocycles. The summed E-state index contributed by atoms with van der Waals surface area (Å²) in [5, 5.41) is 8.71. The molecule has 0 saturated carbocycles. The number of aryl methyl sites for hydroxylation is 2. The van der Waals surface area contributed by atoms with E-state index in [0.717, 1.165) is 16.9 Å². The van der Waals surface area contributed by atoms with Crippen molar-refractivity contribution in [1.29, 1.82) is 5.26 Å². The molecule has 0 aliphatic heterocycles. The van der Waals surface area contributed by atoms with Gasteiger partial charge in [0.1, 0.15) is 11.5 Å². The second-order valence-corrected chi connectivity index (χ2v) is 5.69. The zero-order valence-electron chi connectivity index (χ0n) is 11.5. The Balaban J connectivity index is 1.99. The van der Waals surface area contributed by atoms with E-state index in [4.69, 9.17) is 10.00 Å². The summed E-state index contributed by atoms with van der Waals surface area (Å²) in [6.07, 6.45) is 0.922. The van der Waals surface area contributed by atoms with Gasteiger partial charge in [-0.1, -0.05) is 19.1 Å². The second-order valence-electron chi connectivity index (χ2n) is 4.43. The molecule has 2 aromatic rings. The molecule has 0 spiro atoms. The lowest BCUT2D eigenvalue weighted by atomic mass is 10.2. The molecule has 1 heterocycles. The first-order chi connectivity index (χ1) is 9.63. The number of carbonyl (C=O) groups is 1. The van der Waals surface area contributed by atoms with Crippen LogP contribution in [0.5, 0.6) is 0 Å². The number of hydrogen-bond acceptors (Lipinski definition) is 4. The van der Waals surface area contributed by atoms with E-state index in [1.807, 2.05) is 13.0 Å². The number of esters is 1. The minimum Gasteiger partial charge on any atom is -0.457 e. The van der Waals surface area contributed by atoms with E-state index >= 15 is 0 Å². The van der Waals surface area contributed by atoms with E-state index < -0.39 is 0 Å². The Bertz CT molecular complexity index is 650. The van der Waals surface area contributed by atoms with Crippen LogP contribution in [0.3, 0.4) is 0 Å². The van der Waals surface area contributed by atoms with Crippen molar-refractivity contribution in [3.05, 3.63) is 56.8 Å². The van der Waals surface area contributed by atoms with Crippen LogP contribution in [0.15, 0.2) is 30.3 Å². The van der Waals surface area contributed by atoms with E-state index in [-0.39, 0.29) is 12.6 Å². The first kappa shape index (κ1) is 14.3. The van der Waals surface area contributed by atoms with Crippen molar-refractivity contribution in [2.75, 3.05) is 0 Å². The molecule has 1 aromatic heterocycles. The van der Waals surface area contributed by atoms with Gasteiger partial charge in [0.15, 0.2) is 0 Å². The molecule has 3 nitrogen and oxygen atoms in total. The summed E-state index contributed by atoms with van der Waals surface area (Å²) in [5.41, 5.74) is 2.67. The minimum atomic E-state index is -0.290. The lowest BCUT2D eigenvalue weighted by molar-refractivity contribution is 0.0478. The van der Waals surface area contributed by atoms with Crippen molar-refractivity contribution in [3.63, 3.8) is 0 Å². The standard InChI is InChI=1S/C16H15NO2S/c1-3-14-8-15(20-11(14)2)16(18)19-10-13-6-4-12(9-17)5-7-13/h4-8H,3,10H2,1-2H3. The maximum absolute atomic E-state index is 12.0. The van der Waals surface area contributed by atoms with Gasteiger partial charge in [-0.05, 0) is 42.7 Å². The topological polar surface area (TPSA) is 50.1 Å². The SMILES string of the molecule is CCc1cc(C(=O)OCc2ccc(C#N)cc2)sc1C.